The van der Waals surface area contributed by atoms with Crippen LogP contribution in [0.2, 0.25) is 0 Å². The average Bonchev–Trinajstić information content (AvgIpc) is 2.41. The van der Waals surface area contributed by atoms with Crippen LogP contribution in [0.25, 0.3) is 0 Å². The van der Waals surface area contributed by atoms with E-state index in [9.17, 15) is 9.59 Å². The number of amides is 2. The highest BCUT2D eigenvalue weighted by Gasteiger charge is 2.03. The van der Waals surface area contributed by atoms with E-state index in [1.54, 1.807) is 24.3 Å². The number of nitrogens with one attached hydrogen (secondary N) is 3. The van der Waals surface area contributed by atoms with Gasteiger partial charge in [-0.1, -0.05) is 0 Å². The van der Waals surface area contributed by atoms with Crippen LogP contribution < -0.4 is 16.0 Å². The molecule has 6 nitrogen and oxygen atoms in total. The second kappa shape index (κ2) is 8.10. The van der Waals surface area contributed by atoms with Gasteiger partial charge in [0.2, 0.25) is 5.91 Å². The second-order valence-electron chi connectivity index (χ2n) is 3.95. The molecular weight excluding hydrogens is 246 g/mol. The van der Waals surface area contributed by atoms with E-state index in [-0.39, 0.29) is 5.91 Å². The highest BCUT2D eigenvalue weighted by atomic mass is 16.5. The first-order chi connectivity index (χ1) is 9.15. The topological polar surface area (TPSA) is 79.5 Å². The Labute approximate surface area is 112 Å². The van der Waals surface area contributed by atoms with E-state index < -0.39 is 6.09 Å². The van der Waals surface area contributed by atoms with Crippen molar-refractivity contribution in [2.75, 3.05) is 31.3 Å². The highest BCUT2D eigenvalue weighted by Crippen LogP contribution is 2.14. The minimum atomic E-state index is -0.524. The maximum Gasteiger partial charge on any atom is 0.411 e. The van der Waals surface area contributed by atoms with Gasteiger partial charge in [0.25, 0.3) is 0 Å². The molecule has 0 bridgehead atoms. The minimum Gasteiger partial charge on any atom is -0.453 e. The molecule has 0 aliphatic heterocycles. The average molecular weight is 265 g/mol. The molecule has 0 aliphatic carbocycles. The van der Waals surface area contributed by atoms with Gasteiger partial charge in [0.15, 0.2) is 0 Å². The molecule has 0 unspecified atom stereocenters. The van der Waals surface area contributed by atoms with Gasteiger partial charge in [-0.05, 0) is 44.3 Å². The van der Waals surface area contributed by atoms with E-state index in [0.29, 0.717) is 17.8 Å². The molecule has 0 aromatic heterocycles. The molecular formula is C13H19N3O3. The van der Waals surface area contributed by atoms with Crippen molar-refractivity contribution < 1.29 is 14.3 Å². The lowest BCUT2D eigenvalue weighted by Crippen LogP contribution is -2.15. The Morgan fingerprint density at radius 3 is 2.21 bits per heavy atom. The first-order valence-electron chi connectivity index (χ1n) is 6.05. The van der Waals surface area contributed by atoms with Crippen LogP contribution in [-0.2, 0) is 9.53 Å². The lowest BCUT2D eigenvalue weighted by atomic mass is 10.2. The van der Waals surface area contributed by atoms with Crippen LogP contribution in [0.3, 0.4) is 0 Å². The molecule has 0 saturated heterocycles. The number of anilines is 2. The Kier molecular flexibility index (Phi) is 6.38. The number of carbonyl (C=O) groups excluding carboxylic acids is 2. The largest absolute Gasteiger partial charge is 0.453 e. The van der Waals surface area contributed by atoms with Crippen LogP contribution in [0.4, 0.5) is 16.2 Å². The molecule has 0 spiro atoms. The molecule has 1 rings (SSSR count). The summed E-state index contributed by atoms with van der Waals surface area (Å²) in [4.78, 5) is 22.5. The van der Waals surface area contributed by atoms with Gasteiger partial charge in [-0.2, -0.15) is 0 Å². The fraction of sp³-hybridized carbons (Fsp3) is 0.385. The van der Waals surface area contributed by atoms with Crippen LogP contribution in [-0.4, -0.2) is 32.7 Å². The van der Waals surface area contributed by atoms with Gasteiger partial charge in [0.05, 0.1) is 7.11 Å². The van der Waals surface area contributed by atoms with E-state index in [4.69, 9.17) is 0 Å². The van der Waals surface area contributed by atoms with Crippen molar-refractivity contribution in [2.45, 2.75) is 12.8 Å². The zero-order chi connectivity index (χ0) is 14.1. The van der Waals surface area contributed by atoms with Crippen molar-refractivity contribution in [2.24, 2.45) is 0 Å². The maximum absolute atomic E-state index is 11.6. The summed E-state index contributed by atoms with van der Waals surface area (Å²) in [6.07, 6.45) is 0.747. The fourth-order valence-electron chi connectivity index (χ4n) is 1.45. The SMILES string of the molecule is CNCCCC(=O)Nc1ccc(NC(=O)OC)cc1. The molecule has 19 heavy (non-hydrogen) atoms. The molecule has 2 amide bonds. The molecule has 6 heteroatoms. The molecule has 0 radical (unpaired) electrons. The molecule has 0 aliphatic rings. The van der Waals surface area contributed by atoms with Gasteiger partial charge in [-0.25, -0.2) is 4.79 Å². The van der Waals surface area contributed by atoms with E-state index >= 15 is 0 Å². The van der Waals surface area contributed by atoms with Gasteiger partial charge in [-0.15, -0.1) is 0 Å². The van der Waals surface area contributed by atoms with Gasteiger partial charge in [0.1, 0.15) is 0 Å². The van der Waals surface area contributed by atoms with E-state index in [1.807, 2.05) is 7.05 Å². The maximum atomic E-state index is 11.6. The zero-order valence-electron chi connectivity index (χ0n) is 11.2. The number of benzene rings is 1. The summed E-state index contributed by atoms with van der Waals surface area (Å²) in [5, 5.41) is 8.30. The lowest BCUT2D eigenvalue weighted by Gasteiger charge is -2.07. The fourth-order valence-corrected chi connectivity index (χ4v) is 1.45. The standard InChI is InChI=1S/C13H19N3O3/c1-14-9-3-4-12(17)15-10-5-7-11(8-6-10)16-13(18)19-2/h5-8,14H,3-4,9H2,1-2H3,(H,15,17)(H,16,18). The van der Waals surface area contributed by atoms with Crippen molar-refractivity contribution in [3.63, 3.8) is 0 Å². The van der Waals surface area contributed by atoms with E-state index in [0.717, 1.165) is 13.0 Å². The molecule has 0 heterocycles. The first-order valence-corrected chi connectivity index (χ1v) is 6.05. The molecule has 1 aromatic rings. The Bertz CT molecular complexity index is 418. The van der Waals surface area contributed by atoms with Crippen LogP contribution in [0.15, 0.2) is 24.3 Å². The first kappa shape index (κ1) is 15.0. The molecule has 104 valence electrons. The smallest absolute Gasteiger partial charge is 0.411 e. The van der Waals surface area contributed by atoms with Crippen molar-refractivity contribution in [1.82, 2.24) is 5.32 Å². The van der Waals surface area contributed by atoms with Gasteiger partial charge in [-0.3, -0.25) is 10.1 Å². The number of methoxy groups -OCH3 is 1. The lowest BCUT2D eigenvalue weighted by molar-refractivity contribution is -0.116. The number of rotatable bonds is 6. The molecule has 3 N–H and O–H groups in total. The third-order valence-electron chi connectivity index (χ3n) is 2.43. The van der Waals surface area contributed by atoms with Crippen LogP contribution in [0.5, 0.6) is 0 Å². The molecule has 1 aromatic carbocycles. The van der Waals surface area contributed by atoms with Gasteiger partial charge >= 0.3 is 6.09 Å². The highest BCUT2D eigenvalue weighted by molar-refractivity contribution is 5.91. The van der Waals surface area contributed by atoms with Crippen molar-refractivity contribution >= 4 is 23.4 Å². The summed E-state index contributed by atoms with van der Waals surface area (Å²) in [7, 11) is 3.15. The molecule has 0 saturated carbocycles. The third kappa shape index (κ3) is 5.87. The van der Waals surface area contributed by atoms with E-state index in [1.165, 1.54) is 7.11 Å². The minimum absolute atomic E-state index is 0.0241. The van der Waals surface area contributed by atoms with Crippen LogP contribution in [0, 0.1) is 0 Å². The Hall–Kier alpha value is -2.08. The second-order valence-corrected chi connectivity index (χ2v) is 3.95. The number of hydrogen-bond donors (Lipinski definition) is 3. The Balaban J connectivity index is 2.43. The number of carbonyl (C=O) groups is 2. The summed E-state index contributed by atoms with van der Waals surface area (Å²) < 4.78 is 4.48. The third-order valence-corrected chi connectivity index (χ3v) is 2.43. The predicted octanol–water partition coefficient (Wildman–Crippen LogP) is 1.80. The Morgan fingerprint density at radius 1 is 1.11 bits per heavy atom. The van der Waals surface area contributed by atoms with Crippen molar-refractivity contribution in [3.05, 3.63) is 24.3 Å². The van der Waals surface area contributed by atoms with E-state index in [2.05, 4.69) is 20.7 Å². The summed E-state index contributed by atoms with van der Waals surface area (Å²) in [6.45, 7) is 0.815. The van der Waals surface area contributed by atoms with Crippen molar-refractivity contribution in [3.8, 4) is 0 Å². The van der Waals surface area contributed by atoms with Crippen LogP contribution in [0.1, 0.15) is 12.8 Å². The summed E-state index contributed by atoms with van der Waals surface area (Å²) in [5.74, 6) is -0.0241. The summed E-state index contributed by atoms with van der Waals surface area (Å²) >= 11 is 0. The molecule has 0 atom stereocenters. The van der Waals surface area contributed by atoms with Gasteiger partial charge in [0, 0.05) is 17.8 Å². The number of ether oxygens (including phenoxy) is 1. The van der Waals surface area contributed by atoms with Crippen LogP contribution >= 0.6 is 0 Å². The van der Waals surface area contributed by atoms with Crippen molar-refractivity contribution in [1.29, 1.82) is 0 Å². The quantitative estimate of drug-likeness (QED) is 0.685. The summed E-state index contributed by atoms with van der Waals surface area (Å²) in [5.41, 5.74) is 1.31. The Morgan fingerprint density at radius 2 is 1.68 bits per heavy atom. The normalized spacial score (nSPS) is 9.79. The monoisotopic (exact) mass is 265 g/mol. The van der Waals surface area contributed by atoms with Gasteiger partial charge < -0.3 is 15.4 Å². The number of hydrogen-bond acceptors (Lipinski definition) is 4. The summed E-state index contributed by atoms with van der Waals surface area (Å²) in [6, 6.07) is 6.84. The molecule has 0 fully saturated rings. The zero-order valence-corrected chi connectivity index (χ0v) is 11.2. The predicted molar refractivity (Wildman–Crippen MR) is 74.3 cm³/mol.